The molecule has 180 valence electrons. The van der Waals surface area contributed by atoms with Crippen molar-refractivity contribution in [2.45, 2.75) is 5.60 Å². The Bertz CT molecular complexity index is 1560. The van der Waals surface area contributed by atoms with Crippen LogP contribution in [0.2, 0.25) is 10.6 Å². The number of hydrogen-bond donors (Lipinski definition) is 3. The van der Waals surface area contributed by atoms with Crippen molar-refractivity contribution in [3.63, 3.8) is 0 Å². The highest BCUT2D eigenvalue weighted by molar-refractivity contribution is 6.31. The number of ether oxygens (including phenoxy) is 2. The highest BCUT2D eigenvalue weighted by Crippen LogP contribution is 2.57. The van der Waals surface area contributed by atoms with E-state index in [-0.39, 0.29) is 50.3 Å². The summed E-state index contributed by atoms with van der Waals surface area (Å²) in [5.41, 5.74) is -1.16. The number of carbonyl (C=O) groups excluding carboxylic acids is 1. The first kappa shape index (κ1) is 22.3. The van der Waals surface area contributed by atoms with E-state index in [9.17, 15) is 23.8 Å². The fraction of sp³-hybridized carbons (Fsp3) is 0.0435. The van der Waals surface area contributed by atoms with Crippen molar-refractivity contribution in [1.82, 2.24) is 15.0 Å². The van der Waals surface area contributed by atoms with Crippen molar-refractivity contribution in [1.29, 1.82) is 0 Å². The minimum absolute atomic E-state index is 0.0119. The quantitative estimate of drug-likeness (QED) is 0.300. The fourth-order valence-electron chi connectivity index (χ4n) is 4.33. The van der Waals surface area contributed by atoms with Gasteiger partial charge in [-0.15, -0.1) is 0 Å². The van der Waals surface area contributed by atoms with Gasteiger partial charge in [0.2, 0.25) is 16.5 Å². The molecule has 0 saturated heterocycles. The van der Waals surface area contributed by atoms with Gasteiger partial charge in [-0.3, -0.25) is 0 Å². The van der Waals surface area contributed by atoms with E-state index in [2.05, 4.69) is 20.3 Å². The van der Waals surface area contributed by atoms with Crippen LogP contribution in [-0.4, -0.2) is 31.1 Å². The summed E-state index contributed by atoms with van der Waals surface area (Å²) in [6.07, 6.45) is 0. The van der Waals surface area contributed by atoms with Gasteiger partial charge < -0.3 is 25.0 Å². The van der Waals surface area contributed by atoms with Crippen LogP contribution in [0.25, 0.3) is 0 Å². The number of aromatic hydroxyl groups is 2. The van der Waals surface area contributed by atoms with E-state index in [1.54, 1.807) is 6.07 Å². The minimum Gasteiger partial charge on any atom is -0.505 e. The Balaban J connectivity index is 1.56. The molecular weight excluding hydrogens is 521 g/mol. The second-order valence-corrected chi connectivity index (χ2v) is 8.53. The second kappa shape index (κ2) is 7.64. The number of nitrogens with one attached hydrogen (secondary N) is 1. The molecule has 0 aliphatic carbocycles. The zero-order chi connectivity index (χ0) is 25.4. The first-order chi connectivity index (χ1) is 17.2. The molecule has 3 heterocycles. The average molecular weight is 531 g/mol. The number of aromatic nitrogens is 3. The van der Waals surface area contributed by atoms with Gasteiger partial charge in [-0.1, -0.05) is 6.07 Å². The monoisotopic (exact) mass is 530 g/mol. The Labute approximate surface area is 209 Å². The number of benzene rings is 3. The standard InChI is InChI=1S/C23H10Cl2F2N4O5/c24-20-29-21(25)31-22(30-20)28-8-1-2-10-9(3-8)19(34)36-23(10)11-4-13(26)15(32)6-17(11)35-18-7-16(33)14(27)5-12(18)23/h1-7,32-33H,(H,28,29,30,31). The molecule has 2 aliphatic heterocycles. The normalized spacial score (nSPS) is 14.5. The topological polar surface area (TPSA) is 127 Å². The second-order valence-electron chi connectivity index (χ2n) is 7.85. The fourth-order valence-corrected chi connectivity index (χ4v) is 4.69. The van der Waals surface area contributed by atoms with Crippen molar-refractivity contribution in [3.8, 4) is 23.0 Å². The van der Waals surface area contributed by atoms with Gasteiger partial charge in [-0.25, -0.2) is 13.6 Å². The zero-order valence-corrected chi connectivity index (χ0v) is 19.0. The lowest BCUT2D eigenvalue weighted by atomic mass is 9.77. The van der Waals surface area contributed by atoms with Crippen LogP contribution < -0.4 is 10.1 Å². The molecule has 2 aliphatic rings. The summed E-state index contributed by atoms with van der Waals surface area (Å²) in [5.74, 6) is -4.33. The van der Waals surface area contributed by atoms with E-state index in [4.69, 9.17) is 32.7 Å². The Morgan fingerprint density at radius 1 is 0.833 bits per heavy atom. The molecular formula is C23H10Cl2F2N4O5. The van der Waals surface area contributed by atoms with E-state index < -0.39 is 34.7 Å². The molecule has 13 heteroatoms. The van der Waals surface area contributed by atoms with Crippen molar-refractivity contribution in [3.05, 3.63) is 86.9 Å². The zero-order valence-electron chi connectivity index (χ0n) is 17.5. The lowest BCUT2D eigenvalue weighted by Crippen LogP contribution is -2.33. The predicted octanol–water partition coefficient (Wildman–Crippen LogP) is 5.18. The molecule has 0 saturated carbocycles. The molecule has 0 fully saturated rings. The van der Waals surface area contributed by atoms with E-state index in [1.807, 2.05) is 0 Å². The van der Waals surface area contributed by atoms with E-state index >= 15 is 0 Å². The van der Waals surface area contributed by atoms with Crippen molar-refractivity contribution < 1.29 is 33.3 Å². The van der Waals surface area contributed by atoms with Gasteiger partial charge >= 0.3 is 5.97 Å². The maximum atomic E-state index is 14.5. The van der Waals surface area contributed by atoms with Crippen molar-refractivity contribution in [2.24, 2.45) is 0 Å². The summed E-state index contributed by atoms with van der Waals surface area (Å²) in [4.78, 5) is 24.6. The molecule has 0 atom stereocenters. The van der Waals surface area contributed by atoms with Crippen LogP contribution in [0.3, 0.4) is 0 Å². The number of hydrogen-bond acceptors (Lipinski definition) is 9. The van der Waals surface area contributed by atoms with Crippen LogP contribution >= 0.6 is 23.2 Å². The first-order valence-electron chi connectivity index (χ1n) is 10.1. The number of phenols is 2. The van der Waals surface area contributed by atoms with Crippen LogP contribution in [0.4, 0.5) is 20.4 Å². The molecule has 9 nitrogen and oxygen atoms in total. The van der Waals surface area contributed by atoms with Crippen LogP contribution in [0.15, 0.2) is 42.5 Å². The highest BCUT2D eigenvalue weighted by Gasteiger charge is 2.54. The molecule has 6 rings (SSSR count). The molecule has 1 spiro atoms. The third-order valence-corrected chi connectivity index (χ3v) is 6.12. The third-order valence-electron chi connectivity index (χ3n) is 5.78. The van der Waals surface area contributed by atoms with E-state index in [0.717, 1.165) is 24.3 Å². The van der Waals surface area contributed by atoms with Crippen LogP contribution in [0.1, 0.15) is 27.0 Å². The molecule has 36 heavy (non-hydrogen) atoms. The lowest BCUT2D eigenvalue weighted by Gasteiger charge is -2.36. The largest absolute Gasteiger partial charge is 0.505 e. The molecule has 4 aromatic rings. The molecule has 3 aromatic carbocycles. The van der Waals surface area contributed by atoms with E-state index in [0.29, 0.717) is 5.69 Å². The number of rotatable bonds is 2. The summed E-state index contributed by atoms with van der Waals surface area (Å²) >= 11 is 11.6. The van der Waals surface area contributed by atoms with Crippen molar-refractivity contribution in [2.75, 3.05) is 5.32 Å². The number of fused-ring (bicyclic) bond motifs is 6. The van der Waals surface area contributed by atoms with Gasteiger partial charge in [0.1, 0.15) is 11.5 Å². The first-order valence-corrected chi connectivity index (χ1v) is 10.9. The summed E-state index contributed by atoms with van der Waals surface area (Å²) in [6, 6.07) is 8.40. The van der Waals surface area contributed by atoms with Gasteiger partial charge in [-0.05, 0) is 47.5 Å². The number of phenolic OH excluding ortho intramolecular Hbond substituents is 2. The van der Waals surface area contributed by atoms with Gasteiger partial charge in [0.05, 0.1) is 16.7 Å². The number of halogens is 4. The SMILES string of the molecule is O=C1OC2(c3cc(F)c(O)cc3Oc3cc(O)c(F)cc32)c2ccc(Nc3nc(Cl)nc(Cl)n3)cc21. The van der Waals surface area contributed by atoms with Gasteiger partial charge in [-0.2, -0.15) is 15.0 Å². The minimum atomic E-state index is -1.84. The summed E-state index contributed by atoms with van der Waals surface area (Å²) < 4.78 is 40.5. The molecule has 0 bridgehead atoms. The maximum Gasteiger partial charge on any atom is 0.340 e. The Morgan fingerprint density at radius 3 is 2.00 bits per heavy atom. The predicted molar refractivity (Wildman–Crippen MR) is 121 cm³/mol. The smallest absolute Gasteiger partial charge is 0.340 e. The molecule has 1 aromatic heterocycles. The van der Waals surface area contributed by atoms with Crippen LogP contribution in [-0.2, 0) is 10.3 Å². The van der Waals surface area contributed by atoms with Crippen molar-refractivity contribution >= 4 is 40.8 Å². The third kappa shape index (κ3) is 3.20. The molecule has 0 radical (unpaired) electrons. The van der Waals surface area contributed by atoms with Gasteiger partial charge in [0.25, 0.3) is 0 Å². The molecule has 0 amide bonds. The summed E-state index contributed by atoms with van der Waals surface area (Å²) in [5, 5.41) is 22.3. The van der Waals surface area contributed by atoms with Gasteiger partial charge in [0.15, 0.2) is 28.7 Å². The Morgan fingerprint density at radius 2 is 1.42 bits per heavy atom. The molecule has 0 unspecified atom stereocenters. The van der Waals surface area contributed by atoms with Crippen LogP contribution in [0.5, 0.6) is 23.0 Å². The maximum absolute atomic E-state index is 14.5. The van der Waals surface area contributed by atoms with Crippen LogP contribution in [0, 0.1) is 11.6 Å². The van der Waals surface area contributed by atoms with Gasteiger partial charge in [0, 0.05) is 23.4 Å². The summed E-state index contributed by atoms with van der Waals surface area (Å²) in [6.45, 7) is 0. The number of esters is 1. The number of anilines is 2. The number of nitrogens with zero attached hydrogens (tertiary/aromatic N) is 3. The Kier molecular flexibility index (Phi) is 4.72. The van der Waals surface area contributed by atoms with E-state index in [1.165, 1.54) is 12.1 Å². The summed E-state index contributed by atoms with van der Waals surface area (Å²) in [7, 11) is 0. The highest BCUT2D eigenvalue weighted by atomic mass is 35.5. The average Bonchev–Trinajstić information content (AvgIpc) is 3.09. The Hall–Kier alpha value is -4.22. The molecule has 3 N–H and O–H groups in total. The number of carbonyl (C=O) groups is 1. The lowest BCUT2D eigenvalue weighted by molar-refractivity contribution is 0.0221.